The lowest BCUT2D eigenvalue weighted by atomic mass is 10.1. The Hall–Kier alpha value is -1.06. The Labute approximate surface area is 103 Å². The topological polar surface area (TPSA) is 26.3 Å². The van der Waals surface area contributed by atoms with E-state index in [9.17, 15) is 4.79 Å². The highest BCUT2D eigenvalue weighted by molar-refractivity contribution is 7.21. The average Bonchev–Trinajstić information content (AvgIpc) is 2.56. The Morgan fingerprint density at radius 1 is 1.50 bits per heavy atom. The van der Waals surface area contributed by atoms with Crippen LogP contribution in [0.5, 0.6) is 0 Å². The van der Waals surface area contributed by atoms with Crippen LogP contribution in [-0.2, 0) is 4.74 Å². The minimum atomic E-state index is -0.252. The first kappa shape index (κ1) is 11.4. The number of esters is 1. The van der Waals surface area contributed by atoms with Gasteiger partial charge in [-0.15, -0.1) is 11.3 Å². The number of benzene rings is 1. The van der Waals surface area contributed by atoms with Gasteiger partial charge in [0.1, 0.15) is 4.88 Å². The van der Waals surface area contributed by atoms with Gasteiger partial charge in [-0.05, 0) is 36.9 Å². The van der Waals surface area contributed by atoms with E-state index < -0.39 is 0 Å². The van der Waals surface area contributed by atoms with Gasteiger partial charge in [0.05, 0.1) is 6.61 Å². The highest BCUT2D eigenvalue weighted by Crippen LogP contribution is 2.32. The van der Waals surface area contributed by atoms with Crippen LogP contribution in [0, 0.1) is 6.92 Å². The number of ether oxygens (including phenoxy) is 1. The molecule has 2 rings (SSSR count). The number of thiophene rings is 1. The van der Waals surface area contributed by atoms with Gasteiger partial charge in [-0.2, -0.15) is 0 Å². The maximum Gasteiger partial charge on any atom is 0.348 e. The van der Waals surface area contributed by atoms with Gasteiger partial charge in [-0.1, -0.05) is 17.7 Å². The van der Waals surface area contributed by atoms with Gasteiger partial charge >= 0.3 is 5.97 Å². The number of carbonyl (C=O) groups is 1. The number of hydrogen-bond donors (Lipinski definition) is 0. The lowest BCUT2D eigenvalue weighted by Crippen LogP contribution is -2.03. The van der Waals surface area contributed by atoms with E-state index in [-0.39, 0.29) is 5.97 Å². The summed E-state index contributed by atoms with van der Waals surface area (Å²) < 4.78 is 6.03. The molecule has 0 saturated heterocycles. The molecule has 2 aromatic rings. The maximum atomic E-state index is 11.7. The van der Waals surface area contributed by atoms with Crippen LogP contribution < -0.4 is 0 Å². The molecule has 0 unspecified atom stereocenters. The molecule has 0 saturated carbocycles. The van der Waals surface area contributed by atoms with Crippen LogP contribution in [0.3, 0.4) is 0 Å². The first-order chi connectivity index (χ1) is 7.63. The van der Waals surface area contributed by atoms with Crippen LogP contribution in [0.25, 0.3) is 10.1 Å². The van der Waals surface area contributed by atoms with Crippen LogP contribution in [0.1, 0.15) is 22.2 Å². The summed E-state index contributed by atoms with van der Waals surface area (Å²) in [6.45, 7) is 4.13. The third-order valence-corrected chi connectivity index (χ3v) is 3.83. The van der Waals surface area contributed by atoms with Gasteiger partial charge in [0.25, 0.3) is 0 Å². The molecule has 0 fully saturated rings. The van der Waals surface area contributed by atoms with E-state index in [4.69, 9.17) is 16.3 Å². The fraction of sp³-hybridized carbons (Fsp3) is 0.250. The quantitative estimate of drug-likeness (QED) is 0.756. The third kappa shape index (κ3) is 1.93. The molecule has 1 aromatic heterocycles. The molecule has 1 heterocycles. The van der Waals surface area contributed by atoms with Gasteiger partial charge in [0.2, 0.25) is 0 Å². The minimum Gasteiger partial charge on any atom is -0.462 e. The first-order valence-corrected chi connectivity index (χ1v) is 6.18. The van der Waals surface area contributed by atoms with E-state index in [1.807, 2.05) is 25.1 Å². The van der Waals surface area contributed by atoms with E-state index in [1.54, 1.807) is 6.92 Å². The summed E-state index contributed by atoms with van der Waals surface area (Å²) in [6.07, 6.45) is 0. The third-order valence-electron chi connectivity index (χ3n) is 2.36. The lowest BCUT2D eigenvalue weighted by Gasteiger charge is -1.99. The SMILES string of the molecule is CCOC(=O)c1sc2cc(Cl)ccc2c1C. The molecule has 0 atom stereocenters. The van der Waals surface area contributed by atoms with Gasteiger partial charge in [0.15, 0.2) is 0 Å². The molecule has 0 bridgehead atoms. The van der Waals surface area contributed by atoms with Crippen LogP contribution in [0.4, 0.5) is 0 Å². The van der Waals surface area contributed by atoms with Crippen molar-refractivity contribution in [3.63, 3.8) is 0 Å². The second-order valence-electron chi connectivity index (χ2n) is 3.42. The largest absolute Gasteiger partial charge is 0.462 e. The van der Waals surface area contributed by atoms with Crippen molar-refractivity contribution in [3.05, 3.63) is 33.7 Å². The lowest BCUT2D eigenvalue weighted by molar-refractivity contribution is 0.0531. The molecule has 0 aliphatic heterocycles. The number of aryl methyl sites for hydroxylation is 1. The molecule has 2 nitrogen and oxygen atoms in total. The molecule has 0 aliphatic rings. The highest BCUT2D eigenvalue weighted by atomic mass is 35.5. The molecule has 0 N–H and O–H groups in total. The normalized spacial score (nSPS) is 10.7. The Morgan fingerprint density at radius 2 is 2.25 bits per heavy atom. The number of hydrogen-bond acceptors (Lipinski definition) is 3. The second-order valence-corrected chi connectivity index (χ2v) is 4.91. The molecular weight excluding hydrogens is 244 g/mol. The maximum absolute atomic E-state index is 11.7. The summed E-state index contributed by atoms with van der Waals surface area (Å²) >= 11 is 7.34. The van der Waals surface area contributed by atoms with Gasteiger partial charge in [0, 0.05) is 9.72 Å². The number of halogens is 1. The Balaban J connectivity index is 2.55. The smallest absolute Gasteiger partial charge is 0.348 e. The molecule has 4 heteroatoms. The molecule has 0 spiro atoms. The summed E-state index contributed by atoms with van der Waals surface area (Å²) in [5, 5.41) is 1.75. The Morgan fingerprint density at radius 3 is 2.94 bits per heavy atom. The molecule has 16 heavy (non-hydrogen) atoms. The second kappa shape index (κ2) is 4.44. The Kier molecular flexibility index (Phi) is 3.17. The zero-order valence-corrected chi connectivity index (χ0v) is 10.6. The van der Waals surface area contributed by atoms with Crippen LogP contribution in [-0.4, -0.2) is 12.6 Å². The fourth-order valence-electron chi connectivity index (χ4n) is 1.59. The molecule has 1 aromatic carbocycles. The van der Waals surface area contributed by atoms with Gasteiger partial charge in [-0.3, -0.25) is 0 Å². The van der Waals surface area contributed by atoms with E-state index in [0.717, 1.165) is 15.6 Å². The highest BCUT2D eigenvalue weighted by Gasteiger charge is 2.16. The van der Waals surface area contributed by atoms with Crippen molar-refractivity contribution in [1.82, 2.24) is 0 Å². The predicted octanol–water partition coefficient (Wildman–Crippen LogP) is 4.04. The Bertz CT molecular complexity index is 545. The predicted molar refractivity (Wildman–Crippen MR) is 67.5 cm³/mol. The van der Waals surface area contributed by atoms with Crippen molar-refractivity contribution in [3.8, 4) is 0 Å². The van der Waals surface area contributed by atoms with Gasteiger partial charge in [-0.25, -0.2) is 4.79 Å². The average molecular weight is 255 g/mol. The minimum absolute atomic E-state index is 0.252. The van der Waals surface area contributed by atoms with Crippen molar-refractivity contribution in [2.45, 2.75) is 13.8 Å². The summed E-state index contributed by atoms with van der Waals surface area (Å²) in [4.78, 5) is 12.3. The van der Waals surface area contributed by atoms with Crippen molar-refractivity contribution in [2.24, 2.45) is 0 Å². The van der Waals surface area contributed by atoms with Crippen LogP contribution in [0.2, 0.25) is 5.02 Å². The molecule has 0 amide bonds. The first-order valence-electron chi connectivity index (χ1n) is 4.99. The summed E-state index contributed by atoms with van der Waals surface area (Å²) in [5.74, 6) is -0.252. The number of fused-ring (bicyclic) bond motifs is 1. The molecular formula is C12H11ClO2S. The van der Waals surface area contributed by atoms with Crippen molar-refractivity contribution in [2.75, 3.05) is 6.61 Å². The fourth-order valence-corrected chi connectivity index (χ4v) is 2.97. The summed E-state index contributed by atoms with van der Waals surface area (Å²) in [7, 11) is 0. The van der Waals surface area contributed by atoms with E-state index in [1.165, 1.54) is 11.3 Å². The summed E-state index contributed by atoms with van der Waals surface area (Å²) in [5.41, 5.74) is 0.968. The van der Waals surface area contributed by atoms with E-state index in [0.29, 0.717) is 16.5 Å². The summed E-state index contributed by atoms with van der Waals surface area (Å²) in [6, 6.07) is 5.64. The van der Waals surface area contributed by atoms with Gasteiger partial charge < -0.3 is 4.74 Å². The molecule has 0 radical (unpaired) electrons. The number of rotatable bonds is 2. The van der Waals surface area contributed by atoms with Crippen LogP contribution >= 0.6 is 22.9 Å². The van der Waals surface area contributed by atoms with Crippen molar-refractivity contribution >= 4 is 39.0 Å². The number of carbonyl (C=O) groups excluding carboxylic acids is 1. The monoisotopic (exact) mass is 254 g/mol. The van der Waals surface area contributed by atoms with E-state index >= 15 is 0 Å². The zero-order chi connectivity index (χ0) is 11.7. The zero-order valence-electron chi connectivity index (χ0n) is 9.04. The van der Waals surface area contributed by atoms with Crippen molar-refractivity contribution < 1.29 is 9.53 Å². The standard InChI is InChI=1S/C12H11ClO2S/c1-3-15-12(14)11-7(2)9-5-4-8(13)6-10(9)16-11/h4-6H,3H2,1-2H3. The van der Waals surface area contributed by atoms with E-state index in [2.05, 4.69) is 0 Å². The molecule has 84 valence electrons. The van der Waals surface area contributed by atoms with Crippen LogP contribution in [0.15, 0.2) is 18.2 Å². The molecule has 0 aliphatic carbocycles. The van der Waals surface area contributed by atoms with Crippen molar-refractivity contribution in [1.29, 1.82) is 0 Å².